The normalized spacial score (nSPS) is 11.3. The minimum Gasteiger partial charge on any atom is -0.465 e. The number of esters is 3. The quantitative estimate of drug-likeness (QED) is 0.0299. The van der Waals surface area contributed by atoms with E-state index in [2.05, 4.69) is 142 Å². The maximum atomic E-state index is 11.7. The van der Waals surface area contributed by atoms with E-state index in [-0.39, 0.29) is 35.3 Å². The van der Waals surface area contributed by atoms with E-state index in [1.54, 1.807) is 24.3 Å². The maximum Gasteiger partial charge on any atom is 0.338 e. The van der Waals surface area contributed by atoms with Gasteiger partial charge >= 0.3 is 17.9 Å². The van der Waals surface area contributed by atoms with E-state index in [1.807, 2.05) is 136 Å². The first-order valence-corrected chi connectivity index (χ1v) is 30.8. The second-order valence-corrected chi connectivity index (χ2v) is 28.6. The average molecular weight is 1240 g/mol. The van der Waals surface area contributed by atoms with Crippen LogP contribution in [0.25, 0.3) is 0 Å². The molecule has 0 amide bonds. The second-order valence-electron chi connectivity index (χ2n) is 28.6. The molecule has 6 aromatic carbocycles. The van der Waals surface area contributed by atoms with Crippen molar-refractivity contribution in [1.29, 1.82) is 0 Å². The fourth-order valence-corrected chi connectivity index (χ4v) is 9.13. The summed E-state index contributed by atoms with van der Waals surface area (Å²) in [5.41, 5.74) is 11.4. The number of ether oxygens (including phenoxy) is 3. The highest BCUT2D eigenvalue weighted by molar-refractivity contribution is 5.97. The zero-order valence-corrected chi connectivity index (χ0v) is 59.6. The molecule has 0 N–H and O–H groups in total. The highest BCUT2D eigenvalue weighted by atomic mass is 16.5. The Balaban J connectivity index is 0.000000540. The Hall–Kier alpha value is -7.50. The Bertz CT molecular complexity index is 2970. The molecule has 0 heterocycles. The topological polar surface area (TPSA) is 130 Å². The van der Waals surface area contributed by atoms with Crippen LogP contribution in [0.15, 0.2) is 146 Å². The number of benzene rings is 6. The number of methoxy groups -OCH3 is 3. The van der Waals surface area contributed by atoms with E-state index in [0.29, 0.717) is 36.0 Å². The standard InChI is InChI=1S/3C13H20NO.3C12H18NO2/c1-5-13(15)12-8-6-11(7-9-12)10-14(2,3)4;1-5-13(15)12-8-6-7-11(9-12)10-14(2,3)4;1-5-13(15)12-9-7-6-8-11(12)10-14(2,3)4;1-13(2,3)9-10-5-7-11(8-6-10)12(14)15-4;1-13(2,3)9-10-6-5-7-11(8-10)12(14)15-4;1-13(2,3)9-10-7-5-6-8-11(10)12(14)15-4/h3*6-9H,5,10H2,1-4H3;3*5-8H,9H2,1-4H3/q6*+1. The van der Waals surface area contributed by atoms with Gasteiger partial charge in [-0.1, -0.05) is 130 Å². The van der Waals surface area contributed by atoms with Crippen LogP contribution in [0.1, 0.15) is 136 Å². The van der Waals surface area contributed by atoms with Gasteiger partial charge in [0.15, 0.2) is 17.3 Å². The zero-order valence-electron chi connectivity index (χ0n) is 59.6. The van der Waals surface area contributed by atoms with Crippen molar-refractivity contribution in [2.45, 2.75) is 79.3 Å². The Morgan fingerprint density at radius 1 is 0.278 bits per heavy atom. The SMILES string of the molecule is CCC(=O)c1ccc(C[N+](C)(C)C)cc1.CCC(=O)c1cccc(C[N+](C)(C)C)c1.CCC(=O)c1ccccc1C[N+](C)(C)C.COC(=O)c1ccc(C[N+](C)(C)C)cc1.COC(=O)c1cccc(C[N+](C)(C)C)c1.COC(=O)c1ccccc1C[N+](C)(C)C. The van der Waals surface area contributed by atoms with E-state index in [9.17, 15) is 28.8 Å². The molecule has 0 bridgehead atoms. The number of hydrogen-bond acceptors (Lipinski definition) is 9. The predicted molar refractivity (Wildman–Crippen MR) is 367 cm³/mol. The molecule has 0 spiro atoms. The highest BCUT2D eigenvalue weighted by Gasteiger charge is 2.19. The van der Waals surface area contributed by atoms with Crippen LogP contribution < -0.4 is 0 Å². The summed E-state index contributed by atoms with van der Waals surface area (Å²) < 4.78 is 19.2. The first-order valence-electron chi connectivity index (χ1n) is 30.8. The molecule has 0 fully saturated rings. The summed E-state index contributed by atoms with van der Waals surface area (Å²) >= 11 is 0. The minimum absolute atomic E-state index is 0.215. The van der Waals surface area contributed by atoms with Gasteiger partial charge in [0.2, 0.25) is 0 Å². The largest absolute Gasteiger partial charge is 0.465 e. The van der Waals surface area contributed by atoms with Gasteiger partial charge in [0.05, 0.1) is 165 Å². The Morgan fingerprint density at radius 3 is 0.944 bits per heavy atom. The van der Waals surface area contributed by atoms with Crippen molar-refractivity contribution in [3.8, 4) is 0 Å². The van der Waals surface area contributed by atoms with Gasteiger partial charge in [-0.15, -0.1) is 0 Å². The van der Waals surface area contributed by atoms with Gasteiger partial charge in [-0.05, 0) is 36.4 Å². The van der Waals surface area contributed by atoms with E-state index >= 15 is 0 Å². The van der Waals surface area contributed by atoms with Gasteiger partial charge in [-0.3, -0.25) is 14.4 Å². The first-order chi connectivity index (χ1) is 41.6. The van der Waals surface area contributed by atoms with Crippen LogP contribution in [0.2, 0.25) is 0 Å². The van der Waals surface area contributed by atoms with Gasteiger partial charge in [0.25, 0.3) is 0 Å². The molecule has 6 rings (SSSR count). The fraction of sp³-hybridized carbons (Fsp3) is 0.440. The number of quaternary nitrogens is 6. The van der Waals surface area contributed by atoms with Gasteiger partial charge in [-0.2, -0.15) is 0 Å². The third-order valence-corrected chi connectivity index (χ3v) is 12.9. The molecule has 0 saturated heterocycles. The Morgan fingerprint density at radius 2 is 0.578 bits per heavy atom. The van der Waals surface area contributed by atoms with Crippen molar-refractivity contribution in [3.63, 3.8) is 0 Å². The molecule has 15 nitrogen and oxygen atoms in total. The number of rotatable bonds is 21. The summed E-state index contributed by atoms with van der Waals surface area (Å²) in [6.45, 7) is 11.2. The molecule has 15 heteroatoms. The Kier molecular flexibility index (Phi) is 33.6. The lowest BCUT2D eigenvalue weighted by Crippen LogP contribution is -2.34. The third kappa shape index (κ3) is 35.0. The lowest BCUT2D eigenvalue weighted by Gasteiger charge is -2.24. The van der Waals surface area contributed by atoms with E-state index < -0.39 is 0 Å². The minimum atomic E-state index is -0.285. The van der Waals surface area contributed by atoms with Crippen LogP contribution in [-0.4, -0.2) is 210 Å². The lowest BCUT2D eigenvalue weighted by atomic mass is 10.0. The number of carbonyl (C=O) groups is 6. The van der Waals surface area contributed by atoms with Gasteiger partial charge in [0, 0.05) is 69.3 Å². The van der Waals surface area contributed by atoms with Crippen molar-refractivity contribution in [2.24, 2.45) is 0 Å². The van der Waals surface area contributed by atoms with Crippen molar-refractivity contribution in [2.75, 3.05) is 148 Å². The molecule has 0 unspecified atom stereocenters. The molecular formula is C75H114N6O9+6. The van der Waals surface area contributed by atoms with Crippen LogP contribution in [-0.2, 0) is 53.5 Å². The van der Waals surface area contributed by atoms with E-state index in [4.69, 9.17) is 4.74 Å². The first kappa shape index (κ1) is 80.5. The van der Waals surface area contributed by atoms with Crippen LogP contribution in [0.5, 0.6) is 0 Å². The van der Waals surface area contributed by atoms with Crippen LogP contribution in [0.4, 0.5) is 0 Å². The molecule has 0 atom stereocenters. The van der Waals surface area contributed by atoms with Crippen LogP contribution in [0, 0.1) is 0 Å². The average Bonchev–Trinajstić information content (AvgIpc) is 2.29. The molecule has 492 valence electrons. The summed E-state index contributed by atoms with van der Waals surface area (Å²) in [7, 11) is 42.5. The van der Waals surface area contributed by atoms with Gasteiger partial charge < -0.3 is 41.1 Å². The molecule has 0 aliphatic rings. The molecule has 90 heavy (non-hydrogen) atoms. The predicted octanol–water partition coefficient (Wildman–Crippen LogP) is 12.5. The highest BCUT2D eigenvalue weighted by Crippen LogP contribution is 2.18. The van der Waals surface area contributed by atoms with Crippen LogP contribution in [0.3, 0.4) is 0 Å². The number of Topliss-reactive ketones (excluding diaryl/α,β-unsaturated/α-hetero) is 3. The number of nitrogens with zero attached hydrogens (tertiary/aromatic N) is 6. The Labute approximate surface area is 542 Å². The van der Waals surface area contributed by atoms with Crippen molar-refractivity contribution in [3.05, 3.63) is 212 Å². The fourth-order valence-electron chi connectivity index (χ4n) is 9.13. The van der Waals surface area contributed by atoms with Gasteiger partial charge in [-0.25, -0.2) is 14.4 Å². The molecule has 0 saturated carbocycles. The third-order valence-electron chi connectivity index (χ3n) is 12.9. The van der Waals surface area contributed by atoms with Crippen LogP contribution >= 0.6 is 0 Å². The molecule has 6 aromatic rings. The second kappa shape index (κ2) is 37.6. The molecule has 0 radical (unpaired) electrons. The summed E-state index contributed by atoms with van der Waals surface area (Å²) in [5, 5.41) is 0. The molecule has 0 aliphatic heterocycles. The zero-order chi connectivity index (χ0) is 68.8. The molecule has 0 aliphatic carbocycles. The smallest absolute Gasteiger partial charge is 0.338 e. The summed E-state index contributed by atoms with van der Waals surface area (Å²) in [6, 6.07) is 46.5. The number of hydrogen-bond donors (Lipinski definition) is 0. The van der Waals surface area contributed by atoms with Crippen molar-refractivity contribution < 1.29 is 69.9 Å². The molecule has 0 aromatic heterocycles. The van der Waals surface area contributed by atoms with Crippen molar-refractivity contribution in [1.82, 2.24) is 0 Å². The van der Waals surface area contributed by atoms with Crippen molar-refractivity contribution >= 4 is 35.3 Å². The summed E-state index contributed by atoms with van der Waals surface area (Å²) in [4.78, 5) is 68.6. The number of ketones is 3. The number of carbonyl (C=O) groups excluding carboxylic acids is 6. The van der Waals surface area contributed by atoms with Gasteiger partial charge in [0.1, 0.15) is 39.3 Å². The van der Waals surface area contributed by atoms with E-state index in [0.717, 1.165) is 99.5 Å². The van der Waals surface area contributed by atoms with E-state index in [1.165, 1.54) is 38.0 Å². The monoisotopic (exact) mass is 1240 g/mol. The summed E-state index contributed by atoms with van der Waals surface area (Å²) in [5.74, 6) is -0.159. The summed E-state index contributed by atoms with van der Waals surface area (Å²) in [6.07, 6.45) is 1.73. The maximum absolute atomic E-state index is 11.7. The molecular weight excluding hydrogens is 1130 g/mol. The lowest BCUT2D eigenvalue weighted by molar-refractivity contribution is -0.884.